The molecule has 0 bridgehead atoms. The molecule has 0 saturated carbocycles. The fraction of sp³-hybridized carbons (Fsp3) is 0.0667. The van der Waals surface area contributed by atoms with E-state index in [2.05, 4.69) is 4.98 Å². The zero-order valence-electron chi connectivity index (χ0n) is 10.4. The monoisotopic (exact) mass is 285 g/mol. The lowest BCUT2D eigenvalue weighted by Gasteiger charge is -2.11. The van der Waals surface area contributed by atoms with Crippen molar-refractivity contribution in [2.45, 2.75) is 5.92 Å². The minimum Gasteiger partial charge on any atom is -0.508 e. The summed E-state index contributed by atoms with van der Waals surface area (Å²) in [6.07, 6.45) is 0. The van der Waals surface area contributed by atoms with E-state index in [0.717, 1.165) is 10.2 Å². The predicted molar refractivity (Wildman–Crippen MR) is 77.2 cm³/mol. The van der Waals surface area contributed by atoms with Crippen molar-refractivity contribution in [2.24, 2.45) is 0 Å². The number of nitrogens with zero attached hydrogens (tertiary/aromatic N) is 1. The SMILES string of the molecule is O=C(O)C(c1nc2ccccc2s1)c1ccccc1O. The van der Waals surface area contributed by atoms with Crippen molar-refractivity contribution in [1.29, 1.82) is 0 Å². The van der Waals surface area contributed by atoms with Gasteiger partial charge in [0.05, 0.1) is 10.2 Å². The van der Waals surface area contributed by atoms with E-state index in [1.54, 1.807) is 18.2 Å². The number of carboxylic acid groups (broad SMARTS) is 1. The van der Waals surface area contributed by atoms with E-state index < -0.39 is 11.9 Å². The summed E-state index contributed by atoms with van der Waals surface area (Å²) in [5.74, 6) is -2.00. The molecule has 20 heavy (non-hydrogen) atoms. The number of benzene rings is 2. The Labute approximate surface area is 119 Å². The lowest BCUT2D eigenvalue weighted by Crippen LogP contribution is -2.13. The van der Waals surface area contributed by atoms with Gasteiger partial charge in [0.1, 0.15) is 16.7 Å². The highest BCUT2D eigenvalue weighted by Gasteiger charge is 2.28. The third-order valence-corrected chi connectivity index (χ3v) is 4.15. The molecule has 2 N–H and O–H groups in total. The van der Waals surface area contributed by atoms with Crippen molar-refractivity contribution in [3.63, 3.8) is 0 Å². The Morgan fingerprint density at radius 3 is 2.50 bits per heavy atom. The molecule has 0 saturated heterocycles. The summed E-state index contributed by atoms with van der Waals surface area (Å²) < 4.78 is 0.934. The van der Waals surface area contributed by atoms with Gasteiger partial charge in [-0.05, 0) is 18.2 Å². The second-order valence-corrected chi connectivity index (χ2v) is 5.41. The van der Waals surface area contributed by atoms with Gasteiger partial charge in [-0.15, -0.1) is 11.3 Å². The van der Waals surface area contributed by atoms with Gasteiger partial charge < -0.3 is 10.2 Å². The van der Waals surface area contributed by atoms with Gasteiger partial charge >= 0.3 is 5.97 Å². The van der Waals surface area contributed by atoms with E-state index in [0.29, 0.717) is 10.6 Å². The highest BCUT2D eigenvalue weighted by Crippen LogP contribution is 2.35. The molecule has 0 radical (unpaired) electrons. The normalized spacial score (nSPS) is 12.4. The van der Waals surface area contributed by atoms with Crippen LogP contribution in [0.15, 0.2) is 48.5 Å². The average molecular weight is 285 g/mol. The van der Waals surface area contributed by atoms with Crippen LogP contribution in [-0.2, 0) is 4.79 Å². The Kier molecular flexibility index (Phi) is 3.12. The van der Waals surface area contributed by atoms with Crippen LogP contribution in [0, 0.1) is 0 Å². The van der Waals surface area contributed by atoms with Crippen LogP contribution in [0.2, 0.25) is 0 Å². The highest BCUT2D eigenvalue weighted by molar-refractivity contribution is 7.18. The van der Waals surface area contributed by atoms with Gasteiger partial charge in [-0.2, -0.15) is 0 Å². The van der Waals surface area contributed by atoms with Gasteiger partial charge in [-0.25, -0.2) is 4.98 Å². The van der Waals surface area contributed by atoms with E-state index >= 15 is 0 Å². The third-order valence-electron chi connectivity index (χ3n) is 3.05. The molecule has 3 rings (SSSR count). The molecule has 1 unspecified atom stereocenters. The molecule has 0 aliphatic heterocycles. The maximum atomic E-state index is 11.6. The van der Waals surface area contributed by atoms with Crippen molar-refractivity contribution >= 4 is 27.5 Å². The summed E-state index contributed by atoms with van der Waals surface area (Å²) in [4.78, 5) is 16.0. The molecule has 1 aromatic heterocycles. The maximum Gasteiger partial charge on any atom is 0.318 e. The van der Waals surface area contributed by atoms with Crippen molar-refractivity contribution in [3.05, 3.63) is 59.1 Å². The molecular formula is C15H11NO3S. The van der Waals surface area contributed by atoms with Crippen LogP contribution in [0.1, 0.15) is 16.5 Å². The van der Waals surface area contributed by atoms with Crippen molar-refractivity contribution in [3.8, 4) is 5.75 Å². The molecule has 100 valence electrons. The van der Waals surface area contributed by atoms with E-state index in [1.165, 1.54) is 17.4 Å². The molecule has 0 aliphatic rings. The number of hydrogen-bond donors (Lipinski definition) is 2. The average Bonchev–Trinajstić information content (AvgIpc) is 2.84. The molecule has 1 atom stereocenters. The minimum atomic E-state index is -1.02. The number of rotatable bonds is 3. The largest absolute Gasteiger partial charge is 0.508 e. The number of phenolic OH excluding ortho intramolecular Hbond substituents is 1. The molecule has 0 aliphatic carbocycles. The molecule has 2 aromatic carbocycles. The van der Waals surface area contributed by atoms with E-state index in [1.807, 2.05) is 24.3 Å². The number of para-hydroxylation sites is 2. The molecular weight excluding hydrogens is 274 g/mol. The summed E-state index contributed by atoms with van der Waals surface area (Å²) in [6.45, 7) is 0. The Bertz CT molecular complexity index is 748. The topological polar surface area (TPSA) is 70.4 Å². The number of aromatic nitrogens is 1. The van der Waals surface area contributed by atoms with Crippen molar-refractivity contribution in [2.75, 3.05) is 0 Å². The predicted octanol–water partition coefficient (Wildman–Crippen LogP) is 3.22. The summed E-state index contributed by atoms with van der Waals surface area (Å²) >= 11 is 1.33. The number of aromatic hydroxyl groups is 1. The summed E-state index contributed by atoms with van der Waals surface area (Å²) in [7, 11) is 0. The number of carboxylic acids is 1. The van der Waals surface area contributed by atoms with Gasteiger partial charge in [-0.1, -0.05) is 30.3 Å². The van der Waals surface area contributed by atoms with E-state index in [-0.39, 0.29) is 5.75 Å². The van der Waals surface area contributed by atoms with Crippen LogP contribution in [0.25, 0.3) is 10.2 Å². The summed E-state index contributed by atoms with van der Waals surface area (Å²) in [5.41, 5.74) is 1.13. The van der Waals surface area contributed by atoms with E-state index in [4.69, 9.17) is 0 Å². The van der Waals surface area contributed by atoms with Crippen LogP contribution in [0.4, 0.5) is 0 Å². The standard InChI is InChI=1S/C15H11NO3S/c17-11-7-3-1-5-9(11)13(15(18)19)14-16-10-6-2-4-8-12(10)20-14/h1-8,13,17H,(H,18,19). The molecule has 3 aromatic rings. The van der Waals surface area contributed by atoms with Crippen LogP contribution in [0.3, 0.4) is 0 Å². The van der Waals surface area contributed by atoms with Crippen LogP contribution in [0.5, 0.6) is 5.75 Å². The molecule has 1 heterocycles. The van der Waals surface area contributed by atoms with Crippen molar-refractivity contribution in [1.82, 2.24) is 4.98 Å². The first-order chi connectivity index (χ1) is 9.66. The smallest absolute Gasteiger partial charge is 0.318 e. The number of phenols is 1. The zero-order chi connectivity index (χ0) is 14.1. The molecule has 0 fully saturated rings. The summed E-state index contributed by atoms with van der Waals surface area (Å²) in [6, 6.07) is 14.0. The minimum absolute atomic E-state index is 0.0286. The van der Waals surface area contributed by atoms with Crippen LogP contribution >= 0.6 is 11.3 Å². The quantitative estimate of drug-likeness (QED) is 0.775. The second kappa shape index (κ2) is 4.94. The van der Waals surface area contributed by atoms with Gasteiger partial charge in [-0.3, -0.25) is 4.79 Å². The highest BCUT2D eigenvalue weighted by atomic mass is 32.1. The maximum absolute atomic E-state index is 11.6. The Morgan fingerprint density at radius 1 is 1.10 bits per heavy atom. The number of thiazole rings is 1. The van der Waals surface area contributed by atoms with Crippen molar-refractivity contribution < 1.29 is 15.0 Å². The molecule has 5 heteroatoms. The van der Waals surface area contributed by atoms with Gasteiger partial charge in [0.15, 0.2) is 0 Å². The third kappa shape index (κ3) is 2.12. The Morgan fingerprint density at radius 2 is 1.80 bits per heavy atom. The lowest BCUT2D eigenvalue weighted by atomic mass is 9.99. The van der Waals surface area contributed by atoms with Gasteiger partial charge in [0.25, 0.3) is 0 Å². The summed E-state index contributed by atoms with van der Waals surface area (Å²) in [5, 5.41) is 19.8. The van der Waals surface area contributed by atoms with Gasteiger partial charge in [0.2, 0.25) is 0 Å². The second-order valence-electron chi connectivity index (χ2n) is 4.35. The van der Waals surface area contributed by atoms with Gasteiger partial charge in [0, 0.05) is 5.56 Å². The first-order valence-corrected chi connectivity index (χ1v) is 6.84. The first kappa shape index (κ1) is 12.6. The number of carbonyl (C=O) groups is 1. The fourth-order valence-corrected chi connectivity index (χ4v) is 3.20. The number of hydrogen-bond acceptors (Lipinski definition) is 4. The molecule has 0 amide bonds. The zero-order valence-corrected chi connectivity index (χ0v) is 11.2. The molecule has 0 spiro atoms. The number of aliphatic carboxylic acids is 1. The first-order valence-electron chi connectivity index (χ1n) is 6.03. The Balaban J connectivity index is 2.16. The molecule has 4 nitrogen and oxygen atoms in total. The number of fused-ring (bicyclic) bond motifs is 1. The Hall–Kier alpha value is -2.40. The van der Waals surface area contributed by atoms with Crippen LogP contribution < -0.4 is 0 Å². The van der Waals surface area contributed by atoms with Crippen LogP contribution in [-0.4, -0.2) is 21.2 Å². The fourth-order valence-electron chi connectivity index (χ4n) is 2.12. The van der Waals surface area contributed by atoms with E-state index in [9.17, 15) is 15.0 Å². The lowest BCUT2D eigenvalue weighted by molar-refractivity contribution is -0.137.